The third-order valence-electron chi connectivity index (χ3n) is 3.53. The average molecular weight is 335 g/mol. The lowest BCUT2D eigenvalue weighted by Crippen LogP contribution is -2.42. The summed E-state index contributed by atoms with van der Waals surface area (Å²) < 4.78 is 29.3. The highest BCUT2D eigenvalue weighted by Gasteiger charge is 2.23. The van der Waals surface area contributed by atoms with Gasteiger partial charge in [0.05, 0.1) is 12.7 Å². The van der Waals surface area contributed by atoms with Gasteiger partial charge in [-0.05, 0) is 24.6 Å². The zero-order valence-corrected chi connectivity index (χ0v) is 13.3. The number of benzene rings is 1. The molecule has 0 unspecified atom stereocenters. The molecule has 23 heavy (non-hydrogen) atoms. The topological polar surface area (TPSA) is 106 Å². The van der Waals surface area contributed by atoms with Crippen LogP contribution in [-0.2, 0) is 16.3 Å². The summed E-state index contributed by atoms with van der Waals surface area (Å²) in [4.78, 5) is 4.28. The van der Waals surface area contributed by atoms with Gasteiger partial charge in [0, 0.05) is 17.9 Å². The number of hydrogen-bond acceptors (Lipinski definition) is 7. The van der Waals surface area contributed by atoms with Crippen LogP contribution in [0.2, 0.25) is 0 Å². The highest BCUT2D eigenvalue weighted by molar-refractivity contribution is 7.90. The van der Waals surface area contributed by atoms with Gasteiger partial charge in [0.1, 0.15) is 16.4 Å². The summed E-state index contributed by atoms with van der Waals surface area (Å²) in [5, 5.41) is 10.8. The third kappa shape index (κ3) is 3.29. The molecule has 2 heterocycles. The molecule has 0 amide bonds. The summed E-state index contributed by atoms with van der Waals surface area (Å²) in [6, 6.07) is 7.91. The number of rotatable bonds is 3. The van der Waals surface area contributed by atoms with Crippen molar-refractivity contribution in [2.75, 3.05) is 17.9 Å². The summed E-state index contributed by atoms with van der Waals surface area (Å²) >= 11 is 0. The minimum absolute atomic E-state index is 0.109. The fraction of sp³-hybridized carbons (Fsp3) is 0.267. The SMILES string of the molecule is CS(=O)(=O)c1ccccc1Oc1cnc2c(c1)C[C@H](N)CN2O. The molecule has 0 saturated carbocycles. The Morgan fingerprint density at radius 1 is 1.39 bits per heavy atom. The van der Waals surface area contributed by atoms with E-state index in [9.17, 15) is 13.6 Å². The molecular formula is C15H17N3O4S. The van der Waals surface area contributed by atoms with Crippen molar-refractivity contribution in [3.8, 4) is 11.5 Å². The van der Waals surface area contributed by atoms with Gasteiger partial charge in [-0.2, -0.15) is 0 Å². The van der Waals surface area contributed by atoms with Crippen LogP contribution in [-0.4, -0.2) is 37.5 Å². The van der Waals surface area contributed by atoms with Crippen LogP contribution in [0.15, 0.2) is 41.4 Å². The Hall–Kier alpha value is -2.16. The molecule has 3 N–H and O–H groups in total. The molecule has 1 aromatic heterocycles. The van der Waals surface area contributed by atoms with Gasteiger partial charge < -0.3 is 10.5 Å². The Bertz CT molecular complexity index is 838. The first-order valence-electron chi connectivity index (χ1n) is 7.02. The zero-order valence-electron chi connectivity index (χ0n) is 12.5. The first-order valence-corrected chi connectivity index (χ1v) is 8.91. The van der Waals surface area contributed by atoms with Crippen molar-refractivity contribution in [2.45, 2.75) is 17.4 Å². The highest BCUT2D eigenvalue weighted by Crippen LogP contribution is 2.31. The molecule has 2 aromatic rings. The number of pyridine rings is 1. The van der Waals surface area contributed by atoms with Crippen LogP contribution in [0.5, 0.6) is 11.5 Å². The van der Waals surface area contributed by atoms with Gasteiger partial charge in [0.15, 0.2) is 15.7 Å². The predicted molar refractivity (Wildman–Crippen MR) is 84.7 cm³/mol. The molecule has 0 aliphatic carbocycles. The van der Waals surface area contributed by atoms with E-state index in [0.717, 1.165) is 16.9 Å². The second-order valence-corrected chi connectivity index (χ2v) is 7.51. The Morgan fingerprint density at radius 2 is 2.13 bits per heavy atom. The van der Waals surface area contributed by atoms with E-state index in [2.05, 4.69) is 4.98 Å². The molecule has 8 heteroatoms. The monoisotopic (exact) mass is 335 g/mol. The molecule has 0 saturated heterocycles. The molecule has 0 bridgehead atoms. The van der Waals surface area contributed by atoms with E-state index in [0.29, 0.717) is 24.5 Å². The van der Waals surface area contributed by atoms with Gasteiger partial charge in [0.2, 0.25) is 0 Å². The Balaban J connectivity index is 1.95. The van der Waals surface area contributed by atoms with Crippen molar-refractivity contribution in [1.29, 1.82) is 0 Å². The number of aromatic nitrogens is 1. The average Bonchev–Trinajstić information content (AvgIpc) is 2.46. The van der Waals surface area contributed by atoms with E-state index < -0.39 is 9.84 Å². The maximum Gasteiger partial charge on any atom is 0.179 e. The van der Waals surface area contributed by atoms with Crippen LogP contribution < -0.4 is 15.5 Å². The molecule has 3 rings (SSSR count). The van der Waals surface area contributed by atoms with Gasteiger partial charge in [-0.1, -0.05) is 12.1 Å². The minimum Gasteiger partial charge on any atom is -0.454 e. The third-order valence-corrected chi connectivity index (χ3v) is 4.66. The van der Waals surface area contributed by atoms with Crippen LogP contribution >= 0.6 is 0 Å². The van der Waals surface area contributed by atoms with E-state index in [1.807, 2.05) is 0 Å². The largest absolute Gasteiger partial charge is 0.454 e. The summed E-state index contributed by atoms with van der Waals surface area (Å²) in [5.41, 5.74) is 6.62. The van der Waals surface area contributed by atoms with Crippen molar-refractivity contribution in [1.82, 2.24) is 4.98 Å². The Morgan fingerprint density at radius 3 is 2.87 bits per heavy atom. The number of ether oxygens (including phenoxy) is 1. The molecule has 7 nitrogen and oxygen atoms in total. The van der Waals surface area contributed by atoms with Crippen molar-refractivity contribution < 1.29 is 18.4 Å². The van der Waals surface area contributed by atoms with Crippen LogP contribution in [0.25, 0.3) is 0 Å². The zero-order chi connectivity index (χ0) is 16.6. The quantitative estimate of drug-likeness (QED) is 0.872. The number of sulfone groups is 1. The number of fused-ring (bicyclic) bond motifs is 1. The molecule has 1 aromatic carbocycles. The van der Waals surface area contributed by atoms with Gasteiger partial charge in [-0.3, -0.25) is 5.21 Å². The molecule has 1 aliphatic rings. The van der Waals surface area contributed by atoms with E-state index in [4.69, 9.17) is 10.5 Å². The predicted octanol–water partition coefficient (Wildman–Crippen LogP) is 1.36. The highest BCUT2D eigenvalue weighted by atomic mass is 32.2. The van der Waals surface area contributed by atoms with Crippen LogP contribution in [0, 0.1) is 0 Å². The standard InChI is InChI=1S/C15H17N3O4S/c1-23(20,21)14-5-3-2-4-13(14)22-12-7-10-6-11(16)9-18(19)15(10)17-8-12/h2-5,7-8,11,19H,6,9,16H2,1H3/t11-/m0/s1. The molecule has 1 aliphatic heterocycles. The lowest BCUT2D eigenvalue weighted by atomic mass is 10.0. The van der Waals surface area contributed by atoms with E-state index in [1.54, 1.807) is 24.3 Å². The summed E-state index contributed by atoms with van der Waals surface area (Å²) in [7, 11) is -3.40. The molecular weight excluding hydrogens is 318 g/mol. The second-order valence-electron chi connectivity index (χ2n) is 5.52. The first kappa shape index (κ1) is 15.7. The number of hydroxylamine groups is 1. The second kappa shape index (κ2) is 5.80. The van der Waals surface area contributed by atoms with Crippen molar-refractivity contribution >= 4 is 15.7 Å². The summed E-state index contributed by atoms with van der Waals surface area (Å²) in [6.45, 7) is 0.317. The minimum atomic E-state index is -3.40. The summed E-state index contributed by atoms with van der Waals surface area (Å²) in [6.07, 6.45) is 3.13. The smallest absolute Gasteiger partial charge is 0.179 e. The molecule has 0 radical (unpaired) electrons. The normalized spacial score (nSPS) is 17.7. The number of para-hydroxylation sites is 1. The van der Waals surface area contributed by atoms with Crippen LogP contribution in [0.1, 0.15) is 5.56 Å². The molecule has 1 atom stereocenters. The van der Waals surface area contributed by atoms with Gasteiger partial charge in [0.25, 0.3) is 0 Å². The number of nitrogens with two attached hydrogens (primary N) is 1. The lowest BCUT2D eigenvalue weighted by molar-refractivity contribution is 0.234. The molecule has 122 valence electrons. The fourth-order valence-electron chi connectivity index (χ4n) is 2.54. The number of nitrogens with zero attached hydrogens (tertiary/aromatic N) is 2. The Labute approximate surface area is 134 Å². The lowest BCUT2D eigenvalue weighted by Gasteiger charge is -2.28. The maximum absolute atomic E-state index is 11.8. The van der Waals surface area contributed by atoms with E-state index >= 15 is 0 Å². The molecule has 0 fully saturated rings. The van der Waals surface area contributed by atoms with Gasteiger partial charge in [-0.15, -0.1) is 0 Å². The number of anilines is 1. The maximum atomic E-state index is 11.8. The van der Waals surface area contributed by atoms with Crippen molar-refractivity contribution in [3.05, 3.63) is 42.1 Å². The van der Waals surface area contributed by atoms with Crippen molar-refractivity contribution in [2.24, 2.45) is 5.73 Å². The first-order chi connectivity index (χ1) is 10.8. The van der Waals surface area contributed by atoms with E-state index in [1.165, 1.54) is 12.3 Å². The van der Waals surface area contributed by atoms with Crippen LogP contribution in [0.3, 0.4) is 0 Å². The molecule has 0 spiro atoms. The van der Waals surface area contributed by atoms with Crippen molar-refractivity contribution in [3.63, 3.8) is 0 Å². The van der Waals surface area contributed by atoms with Crippen LogP contribution in [0.4, 0.5) is 5.82 Å². The van der Waals surface area contributed by atoms with Gasteiger partial charge in [-0.25, -0.2) is 18.5 Å². The summed E-state index contributed by atoms with van der Waals surface area (Å²) in [5.74, 6) is 1.07. The van der Waals surface area contributed by atoms with Gasteiger partial charge >= 0.3 is 0 Å². The van der Waals surface area contributed by atoms with E-state index in [-0.39, 0.29) is 16.7 Å². The number of hydrogen-bond donors (Lipinski definition) is 2. The fourth-order valence-corrected chi connectivity index (χ4v) is 3.34. The Kier molecular flexibility index (Phi) is 3.97.